The zero-order valence-corrected chi connectivity index (χ0v) is 15.9. The van der Waals surface area contributed by atoms with Crippen LogP contribution >= 0.6 is 0 Å². The zero-order chi connectivity index (χ0) is 20.4. The molecule has 3 aromatic rings. The lowest BCUT2D eigenvalue weighted by atomic mass is 10.0. The summed E-state index contributed by atoms with van der Waals surface area (Å²) in [7, 11) is 3.29. The Hall–Kier alpha value is -3.62. The largest absolute Gasteiger partial charge is 0.497 e. The number of nitrogens with zero attached hydrogens (tertiary/aromatic N) is 3. The first-order valence-electron chi connectivity index (χ1n) is 8.50. The minimum atomic E-state index is -1.27. The molecule has 0 aliphatic rings. The van der Waals surface area contributed by atoms with Crippen LogP contribution in [0.1, 0.15) is 45.3 Å². The van der Waals surface area contributed by atoms with Crippen molar-refractivity contribution in [3.8, 4) is 17.0 Å². The standard InChI is InChI=1S/C19H20N4O5/c1-10-9-14(21-23(10)3)18(24)20-11(2)15-16(22-28-17(15)19(25)26)12-5-7-13(27-4)8-6-12/h5-9,11H,1-4H3,(H,20,24)(H,25,26)/t11-/m1/s1. The Bertz CT molecular complexity index is 1000. The van der Waals surface area contributed by atoms with Crippen molar-refractivity contribution in [3.05, 3.63) is 53.0 Å². The number of hydrogen-bond acceptors (Lipinski definition) is 6. The van der Waals surface area contributed by atoms with E-state index in [0.29, 0.717) is 17.0 Å². The number of rotatable bonds is 6. The average Bonchev–Trinajstić information content (AvgIpc) is 3.26. The van der Waals surface area contributed by atoms with E-state index in [1.54, 1.807) is 56.1 Å². The van der Waals surface area contributed by atoms with E-state index in [-0.39, 0.29) is 17.0 Å². The minimum absolute atomic E-state index is 0.242. The summed E-state index contributed by atoms with van der Waals surface area (Å²) >= 11 is 0. The summed E-state index contributed by atoms with van der Waals surface area (Å²) in [6, 6.07) is 7.91. The molecule has 9 nitrogen and oxygen atoms in total. The second kappa shape index (κ2) is 7.55. The maximum absolute atomic E-state index is 12.5. The zero-order valence-electron chi connectivity index (χ0n) is 15.9. The van der Waals surface area contributed by atoms with Gasteiger partial charge in [0.05, 0.1) is 18.7 Å². The second-order valence-electron chi connectivity index (χ2n) is 6.30. The van der Waals surface area contributed by atoms with Crippen LogP contribution < -0.4 is 10.1 Å². The highest BCUT2D eigenvalue weighted by atomic mass is 16.5. The molecule has 1 amide bonds. The maximum atomic E-state index is 12.5. The first-order chi connectivity index (χ1) is 13.3. The van der Waals surface area contributed by atoms with Gasteiger partial charge in [0.2, 0.25) is 5.76 Å². The number of nitrogens with one attached hydrogen (secondary N) is 1. The van der Waals surface area contributed by atoms with Gasteiger partial charge in [-0.05, 0) is 44.2 Å². The number of aromatic carboxylic acids is 1. The van der Waals surface area contributed by atoms with E-state index >= 15 is 0 Å². The summed E-state index contributed by atoms with van der Waals surface area (Å²) in [4.78, 5) is 24.1. The third-order valence-electron chi connectivity index (χ3n) is 4.41. The molecule has 0 saturated carbocycles. The summed E-state index contributed by atoms with van der Waals surface area (Å²) in [6.45, 7) is 3.50. The molecule has 0 unspecified atom stereocenters. The van der Waals surface area contributed by atoms with Gasteiger partial charge in [-0.25, -0.2) is 4.79 Å². The van der Waals surface area contributed by atoms with Crippen LogP contribution in [0.3, 0.4) is 0 Å². The highest BCUT2D eigenvalue weighted by Gasteiger charge is 2.28. The van der Waals surface area contributed by atoms with Gasteiger partial charge >= 0.3 is 5.97 Å². The molecular formula is C19H20N4O5. The van der Waals surface area contributed by atoms with Gasteiger partial charge in [-0.3, -0.25) is 9.48 Å². The second-order valence-corrected chi connectivity index (χ2v) is 6.30. The van der Waals surface area contributed by atoms with Gasteiger partial charge in [0.1, 0.15) is 17.1 Å². The van der Waals surface area contributed by atoms with E-state index in [1.165, 1.54) is 0 Å². The number of aromatic nitrogens is 3. The molecule has 0 saturated heterocycles. The lowest BCUT2D eigenvalue weighted by Crippen LogP contribution is -2.28. The molecule has 1 aromatic carbocycles. The van der Waals surface area contributed by atoms with Crippen LogP contribution in [0, 0.1) is 6.92 Å². The molecular weight excluding hydrogens is 364 g/mol. The van der Waals surface area contributed by atoms with Crippen LogP contribution in [0.25, 0.3) is 11.3 Å². The fraction of sp³-hybridized carbons (Fsp3) is 0.263. The predicted octanol–water partition coefficient (Wildman–Crippen LogP) is 2.58. The predicted molar refractivity (Wildman–Crippen MR) is 99.3 cm³/mol. The average molecular weight is 384 g/mol. The van der Waals surface area contributed by atoms with Crippen molar-refractivity contribution < 1.29 is 24.0 Å². The van der Waals surface area contributed by atoms with Crippen molar-refractivity contribution in [1.29, 1.82) is 0 Å². The highest BCUT2D eigenvalue weighted by Crippen LogP contribution is 2.31. The third-order valence-corrected chi connectivity index (χ3v) is 4.41. The molecule has 0 aliphatic carbocycles. The lowest BCUT2D eigenvalue weighted by Gasteiger charge is -2.14. The summed E-state index contributed by atoms with van der Waals surface area (Å²) < 4.78 is 11.8. The number of carboxylic acids is 1. The molecule has 146 valence electrons. The topological polar surface area (TPSA) is 119 Å². The molecule has 28 heavy (non-hydrogen) atoms. The molecule has 9 heteroatoms. The van der Waals surface area contributed by atoms with Crippen molar-refractivity contribution in [1.82, 2.24) is 20.3 Å². The van der Waals surface area contributed by atoms with E-state index in [2.05, 4.69) is 15.6 Å². The van der Waals surface area contributed by atoms with Crippen LogP contribution in [0.2, 0.25) is 0 Å². The SMILES string of the molecule is COc1ccc(-c2noc(C(=O)O)c2[C@@H](C)NC(=O)c2cc(C)n(C)n2)cc1. The molecule has 0 spiro atoms. The van der Waals surface area contributed by atoms with Crippen LogP contribution in [0.4, 0.5) is 0 Å². The van der Waals surface area contributed by atoms with Crippen molar-refractivity contribution in [2.75, 3.05) is 7.11 Å². The van der Waals surface area contributed by atoms with Gasteiger partial charge in [-0.1, -0.05) is 5.16 Å². The monoisotopic (exact) mass is 384 g/mol. The number of aryl methyl sites for hydroxylation is 2. The van der Waals surface area contributed by atoms with Crippen molar-refractivity contribution in [2.24, 2.45) is 7.05 Å². The minimum Gasteiger partial charge on any atom is -0.497 e. The van der Waals surface area contributed by atoms with Gasteiger partial charge in [-0.2, -0.15) is 5.10 Å². The Morgan fingerprint density at radius 2 is 1.96 bits per heavy atom. The maximum Gasteiger partial charge on any atom is 0.375 e. The van der Waals surface area contributed by atoms with E-state index in [9.17, 15) is 14.7 Å². The molecule has 2 N–H and O–H groups in total. The van der Waals surface area contributed by atoms with Crippen LogP contribution in [0.15, 0.2) is 34.9 Å². The normalized spacial score (nSPS) is 11.9. The Balaban J connectivity index is 1.95. The van der Waals surface area contributed by atoms with Crippen LogP contribution in [-0.2, 0) is 7.05 Å². The number of amides is 1. The van der Waals surface area contributed by atoms with Crippen molar-refractivity contribution in [3.63, 3.8) is 0 Å². The van der Waals surface area contributed by atoms with E-state index in [0.717, 1.165) is 5.69 Å². The smallest absolute Gasteiger partial charge is 0.375 e. The molecule has 3 rings (SSSR count). The van der Waals surface area contributed by atoms with Gasteiger partial charge in [0.15, 0.2) is 0 Å². The fourth-order valence-corrected chi connectivity index (χ4v) is 2.82. The Morgan fingerprint density at radius 3 is 2.50 bits per heavy atom. The fourth-order valence-electron chi connectivity index (χ4n) is 2.82. The Labute approximate surface area is 160 Å². The number of hydrogen-bond donors (Lipinski definition) is 2. The number of ether oxygens (including phenoxy) is 1. The van der Waals surface area contributed by atoms with Gasteiger partial charge in [0.25, 0.3) is 5.91 Å². The Morgan fingerprint density at radius 1 is 1.29 bits per heavy atom. The first kappa shape index (κ1) is 19.2. The third kappa shape index (κ3) is 3.59. The summed E-state index contributed by atoms with van der Waals surface area (Å²) in [5, 5.41) is 20.3. The summed E-state index contributed by atoms with van der Waals surface area (Å²) in [5.41, 5.74) is 2.32. The van der Waals surface area contributed by atoms with E-state index in [1.807, 2.05) is 6.92 Å². The first-order valence-corrected chi connectivity index (χ1v) is 8.50. The molecule has 0 fully saturated rings. The van der Waals surface area contributed by atoms with Crippen molar-refractivity contribution >= 4 is 11.9 Å². The quantitative estimate of drug-likeness (QED) is 0.670. The summed E-state index contributed by atoms with van der Waals surface area (Å²) in [6.07, 6.45) is 0. The molecule has 0 radical (unpaired) electrons. The van der Waals surface area contributed by atoms with Gasteiger partial charge in [-0.15, -0.1) is 0 Å². The van der Waals surface area contributed by atoms with E-state index < -0.39 is 17.9 Å². The van der Waals surface area contributed by atoms with Crippen molar-refractivity contribution in [2.45, 2.75) is 19.9 Å². The number of carbonyl (C=O) groups is 2. The van der Waals surface area contributed by atoms with Gasteiger partial charge < -0.3 is 19.7 Å². The molecule has 0 bridgehead atoms. The van der Waals surface area contributed by atoms with E-state index in [4.69, 9.17) is 9.26 Å². The number of methoxy groups -OCH3 is 1. The molecule has 2 heterocycles. The Kier molecular flexibility index (Phi) is 5.16. The molecule has 0 aliphatic heterocycles. The van der Waals surface area contributed by atoms with Crippen LogP contribution in [0.5, 0.6) is 5.75 Å². The number of benzene rings is 1. The number of carbonyl (C=O) groups excluding carboxylic acids is 1. The number of carboxylic acid groups (broad SMARTS) is 1. The molecule has 1 atom stereocenters. The highest BCUT2D eigenvalue weighted by molar-refractivity contribution is 5.93. The van der Waals surface area contributed by atoms with Crippen LogP contribution in [-0.4, -0.2) is 39.0 Å². The summed E-state index contributed by atoms with van der Waals surface area (Å²) in [5.74, 6) is -1.36. The van der Waals surface area contributed by atoms with Gasteiger partial charge in [0, 0.05) is 18.3 Å². The molecule has 2 aromatic heterocycles. The lowest BCUT2D eigenvalue weighted by molar-refractivity contribution is 0.0648.